The minimum absolute atomic E-state index is 0.157. The topological polar surface area (TPSA) is 56.9 Å². The van der Waals surface area contributed by atoms with E-state index in [-0.39, 0.29) is 17.3 Å². The maximum Gasteiger partial charge on any atom is 0.331 e. The summed E-state index contributed by atoms with van der Waals surface area (Å²) in [6, 6.07) is 1.51. The molecule has 0 unspecified atom stereocenters. The fourth-order valence-corrected chi connectivity index (χ4v) is 1.78. The van der Waals surface area contributed by atoms with Crippen molar-refractivity contribution in [1.82, 2.24) is 14.1 Å². The molecule has 16 heavy (non-hydrogen) atoms. The fourth-order valence-electron chi connectivity index (χ4n) is 1.78. The predicted molar refractivity (Wildman–Crippen MR) is 61.6 cm³/mol. The maximum atomic E-state index is 12.1. The molecular formula is C11H13N3O2. The summed E-state index contributed by atoms with van der Waals surface area (Å²) in [6.07, 6.45) is 3.07. The molecule has 0 fully saturated rings. The molecule has 0 aromatic carbocycles. The molecule has 2 heterocycles. The highest BCUT2D eigenvalue weighted by Crippen LogP contribution is 2.05. The summed E-state index contributed by atoms with van der Waals surface area (Å²) in [4.78, 5) is 27.9. The van der Waals surface area contributed by atoms with Crippen LogP contribution in [0.2, 0.25) is 0 Å². The van der Waals surface area contributed by atoms with E-state index in [1.54, 1.807) is 19.3 Å². The molecule has 0 aliphatic rings. The lowest BCUT2D eigenvalue weighted by Crippen LogP contribution is -2.40. The molecule has 5 heteroatoms. The number of hydrogen-bond acceptors (Lipinski definition) is 3. The normalized spacial score (nSPS) is 11.2. The molecule has 0 aliphatic heterocycles. The van der Waals surface area contributed by atoms with Crippen LogP contribution in [-0.2, 0) is 7.05 Å². The van der Waals surface area contributed by atoms with E-state index >= 15 is 0 Å². The molecule has 0 radical (unpaired) electrons. The maximum absolute atomic E-state index is 12.1. The highest BCUT2D eigenvalue weighted by atomic mass is 16.2. The van der Waals surface area contributed by atoms with Gasteiger partial charge in [-0.2, -0.15) is 0 Å². The second kappa shape index (κ2) is 3.59. The molecule has 0 atom stereocenters. The first-order valence-electron chi connectivity index (χ1n) is 5.09. The van der Waals surface area contributed by atoms with Gasteiger partial charge in [0.05, 0.1) is 10.9 Å². The third-order valence-electron chi connectivity index (χ3n) is 2.62. The van der Waals surface area contributed by atoms with Crippen molar-refractivity contribution in [1.29, 1.82) is 0 Å². The van der Waals surface area contributed by atoms with Gasteiger partial charge in [0.15, 0.2) is 0 Å². The van der Waals surface area contributed by atoms with E-state index < -0.39 is 0 Å². The zero-order chi connectivity index (χ0) is 11.9. The molecule has 0 aliphatic carbocycles. The quantitative estimate of drug-likeness (QED) is 0.708. The fraction of sp³-hybridized carbons (Fsp3) is 0.364. The minimum atomic E-state index is -0.293. The van der Waals surface area contributed by atoms with Crippen LogP contribution in [-0.4, -0.2) is 14.1 Å². The molecular weight excluding hydrogens is 206 g/mol. The zero-order valence-corrected chi connectivity index (χ0v) is 9.47. The number of hydrogen-bond donors (Lipinski definition) is 0. The van der Waals surface area contributed by atoms with Gasteiger partial charge in [-0.3, -0.25) is 18.9 Å². The Balaban J connectivity index is 3.07. The van der Waals surface area contributed by atoms with Crippen molar-refractivity contribution >= 4 is 10.9 Å². The van der Waals surface area contributed by atoms with Gasteiger partial charge in [0.25, 0.3) is 5.56 Å². The molecule has 0 saturated heterocycles. The monoisotopic (exact) mass is 219 g/mol. The molecule has 0 amide bonds. The van der Waals surface area contributed by atoms with Gasteiger partial charge in [0.1, 0.15) is 0 Å². The molecule has 2 aromatic heterocycles. The van der Waals surface area contributed by atoms with Gasteiger partial charge in [0.2, 0.25) is 0 Å². The van der Waals surface area contributed by atoms with Crippen LogP contribution in [0.1, 0.15) is 19.9 Å². The highest BCUT2D eigenvalue weighted by molar-refractivity contribution is 5.76. The highest BCUT2D eigenvalue weighted by Gasteiger charge is 2.12. The minimum Gasteiger partial charge on any atom is -0.296 e. The van der Waals surface area contributed by atoms with Crippen LogP contribution in [0.5, 0.6) is 0 Å². The number of fused-ring (bicyclic) bond motifs is 1. The Morgan fingerprint density at radius 3 is 2.62 bits per heavy atom. The number of pyridine rings is 1. The van der Waals surface area contributed by atoms with E-state index in [0.717, 1.165) is 0 Å². The SMILES string of the molecule is CC(C)n1c(=O)c2cnccc2n(C)c1=O. The van der Waals surface area contributed by atoms with E-state index in [9.17, 15) is 9.59 Å². The molecule has 2 aromatic rings. The van der Waals surface area contributed by atoms with Gasteiger partial charge >= 0.3 is 5.69 Å². The van der Waals surface area contributed by atoms with Crippen LogP contribution in [0.15, 0.2) is 28.0 Å². The molecule has 0 bridgehead atoms. The van der Waals surface area contributed by atoms with Crippen LogP contribution in [0.3, 0.4) is 0 Å². The number of aromatic nitrogens is 3. The van der Waals surface area contributed by atoms with E-state index in [0.29, 0.717) is 10.9 Å². The lowest BCUT2D eigenvalue weighted by molar-refractivity contribution is 0.532. The summed E-state index contributed by atoms with van der Waals surface area (Å²) in [5.74, 6) is 0. The van der Waals surface area contributed by atoms with Gasteiger partial charge in [0, 0.05) is 25.5 Å². The van der Waals surface area contributed by atoms with Crippen LogP contribution in [0.25, 0.3) is 10.9 Å². The first-order valence-corrected chi connectivity index (χ1v) is 5.09. The summed E-state index contributed by atoms with van der Waals surface area (Å²) >= 11 is 0. The average Bonchev–Trinajstić information content (AvgIpc) is 2.26. The van der Waals surface area contributed by atoms with Gasteiger partial charge < -0.3 is 0 Å². The largest absolute Gasteiger partial charge is 0.331 e. The number of nitrogens with zero attached hydrogens (tertiary/aromatic N) is 3. The summed E-state index contributed by atoms with van der Waals surface area (Å²) in [5.41, 5.74) is 0.0433. The van der Waals surface area contributed by atoms with Gasteiger partial charge in [-0.1, -0.05) is 0 Å². The van der Waals surface area contributed by atoms with Gasteiger partial charge in [-0.05, 0) is 19.9 Å². The Bertz CT molecular complexity index is 652. The standard InChI is InChI=1S/C11H13N3O2/c1-7(2)14-10(15)8-6-12-5-4-9(8)13(3)11(14)16/h4-7H,1-3H3. The Morgan fingerprint density at radius 1 is 1.31 bits per heavy atom. The predicted octanol–water partition coefficient (Wildman–Crippen LogP) is 0.676. The van der Waals surface area contributed by atoms with E-state index in [1.807, 2.05) is 13.8 Å². The van der Waals surface area contributed by atoms with Crippen molar-refractivity contribution < 1.29 is 0 Å². The van der Waals surface area contributed by atoms with Gasteiger partial charge in [-0.15, -0.1) is 0 Å². The zero-order valence-electron chi connectivity index (χ0n) is 9.47. The van der Waals surface area contributed by atoms with Crippen LogP contribution >= 0.6 is 0 Å². The van der Waals surface area contributed by atoms with Crippen molar-refractivity contribution in [3.63, 3.8) is 0 Å². The molecule has 0 spiro atoms. The lowest BCUT2D eigenvalue weighted by Gasteiger charge is -2.12. The molecule has 5 nitrogen and oxygen atoms in total. The van der Waals surface area contributed by atoms with E-state index in [2.05, 4.69) is 4.98 Å². The Morgan fingerprint density at radius 2 is 2.00 bits per heavy atom. The average molecular weight is 219 g/mol. The third kappa shape index (κ3) is 1.36. The molecule has 0 N–H and O–H groups in total. The summed E-state index contributed by atoms with van der Waals surface area (Å²) in [6.45, 7) is 3.62. The van der Waals surface area contributed by atoms with Crippen LogP contribution < -0.4 is 11.2 Å². The second-order valence-electron chi connectivity index (χ2n) is 4.00. The third-order valence-corrected chi connectivity index (χ3v) is 2.62. The van der Waals surface area contributed by atoms with Crippen molar-refractivity contribution in [2.24, 2.45) is 7.05 Å². The number of aryl methyl sites for hydroxylation is 1. The summed E-state index contributed by atoms with van der Waals surface area (Å²) in [5, 5.41) is 0.471. The van der Waals surface area contributed by atoms with Crippen LogP contribution in [0, 0.1) is 0 Å². The Labute approximate surface area is 92.0 Å². The van der Waals surface area contributed by atoms with Crippen molar-refractivity contribution in [3.05, 3.63) is 39.3 Å². The Hall–Kier alpha value is -1.91. The van der Waals surface area contributed by atoms with Gasteiger partial charge in [-0.25, -0.2) is 4.79 Å². The van der Waals surface area contributed by atoms with Crippen molar-refractivity contribution in [3.8, 4) is 0 Å². The van der Waals surface area contributed by atoms with Crippen LogP contribution in [0.4, 0.5) is 0 Å². The van der Waals surface area contributed by atoms with E-state index in [4.69, 9.17) is 0 Å². The molecule has 84 valence electrons. The smallest absolute Gasteiger partial charge is 0.296 e. The second-order valence-corrected chi connectivity index (χ2v) is 4.00. The number of rotatable bonds is 1. The summed E-state index contributed by atoms with van der Waals surface area (Å²) in [7, 11) is 1.66. The van der Waals surface area contributed by atoms with Crippen molar-refractivity contribution in [2.75, 3.05) is 0 Å². The lowest BCUT2D eigenvalue weighted by atomic mass is 10.3. The first-order chi connectivity index (χ1) is 7.54. The van der Waals surface area contributed by atoms with E-state index in [1.165, 1.54) is 15.3 Å². The molecule has 2 rings (SSSR count). The summed E-state index contributed by atoms with van der Waals surface area (Å²) < 4.78 is 2.71. The first kappa shape index (κ1) is 10.6. The van der Waals surface area contributed by atoms with Crippen molar-refractivity contribution in [2.45, 2.75) is 19.9 Å². The Kier molecular flexibility index (Phi) is 2.38. The molecule has 0 saturated carbocycles.